The number of rotatable bonds is 14. The number of aromatic nitrogens is 1. The van der Waals surface area contributed by atoms with Gasteiger partial charge in [0.05, 0.1) is 43.7 Å². The number of aliphatic hydroxyl groups is 1. The standard InChI is InChI=1S/C36H39N5O8/c1-5-47-30-17-25(33-32(35(44)46-4)22(3)38-36(45)39-33)15-16-29(30)49-21-31(42)40-37-18-26-20-41(28-10-8-7-9-27(26)28)19-23-11-13-24(14-12-23)34(43)48-6-2/h7-18,20,31,33,40,42H,5-6,19,21H2,1-4H3,(H2,38,39,45)/b37-18+/t31-,33-/m0/s1. The number of amides is 2. The van der Waals surface area contributed by atoms with Gasteiger partial charge in [-0.3, -0.25) is 5.43 Å². The van der Waals surface area contributed by atoms with Crippen LogP contribution in [0.3, 0.4) is 0 Å². The lowest BCUT2D eigenvalue weighted by Gasteiger charge is -2.28. The molecule has 0 fully saturated rings. The Morgan fingerprint density at radius 1 is 1.02 bits per heavy atom. The maximum atomic E-state index is 12.5. The van der Waals surface area contributed by atoms with Gasteiger partial charge in [-0.25, -0.2) is 14.4 Å². The monoisotopic (exact) mass is 669 g/mol. The molecule has 0 bridgehead atoms. The van der Waals surface area contributed by atoms with Gasteiger partial charge in [-0.2, -0.15) is 5.10 Å². The Morgan fingerprint density at radius 3 is 2.53 bits per heavy atom. The van der Waals surface area contributed by atoms with Crippen LogP contribution in [0.15, 0.2) is 89.3 Å². The van der Waals surface area contributed by atoms with Crippen molar-refractivity contribution in [2.45, 2.75) is 39.6 Å². The number of nitrogens with one attached hydrogen (secondary N) is 3. The molecule has 0 unspecified atom stereocenters. The average molecular weight is 670 g/mol. The summed E-state index contributed by atoms with van der Waals surface area (Å²) < 4.78 is 23.8. The summed E-state index contributed by atoms with van der Waals surface area (Å²) in [5, 5.41) is 21.2. The zero-order valence-corrected chi connectivity index (χ0v) is 27.7. The van der Waals surface area contributed by atoms with Crippen LogP contribution in [0.1, 0.15) is 53.9 Å². The molecule has 1 aliphatic rings. The second kappa shape index (κ2) is 15.8. The van der Waals surface area contributed by atoms with Gasteiger partial charge in [0.25, 0.3) is 0 Å². The van der Waals surface area contributed by atoms with Crippen molar-refractivity contribution in [3.8, 4) is 11.5 Å². The van der Waals surface area contributed by atoms with E-state index in [1.165, 1.54) is 7.11 Å². The molecule has 0 saturated carbocycles. The summed E-state index contributed by atoms with van der Waals surface area (Å²) >= 11 is 0. The maximum absolute atomic E-state index is 12.5. The third-order valence-corrected chi connectivity index (χ3v) is 7.74. The number of aliphatic hydroxyl groups excluding tert-OH is 1. The molecule has 0 saturated heterocycles. The number of esters is 2. The lowest BCUT2D eigenvalue weighted by Crippen LogP contribution is -2.45. The second-order valence-corrected chi connectivity index (χ2v) is 11.1. The van der Waals surface area contributed by atoms with Gasteiger partial charge < -0.3 is 39.3 Å². The maximum Gasteiger partial charge on any atom is 0.338 e. The number of hydrazone groups is 1. The van der Waals surface area contributed by atoms with Crippen molar-refractivity contribution < 1.29 is 38.4 Å². The minimum Gasteiger partial charge on any atom is -0.490 e. The number of hydrogen-bond acceptors (Lipinski definition) is 10. The van der Waals surface area contributed by atoms with E-state index in [4.69, 9.17) is 18.9 Å². The summed E-state index contributed by atoms with van der Waals surface area (Å²) in [5.41, 5.74) is 7.30. The summed E-state index contributed by atoms with van der Waals surface area (Å²) in [7, 11) is 1.28. The van der Waals surface area contributed by atoms with Gasteiger partial charge >= 0.3 is 18.0 Å². The number of para-hydroxylation sites is 1. The van der Waals surface area contributed by atoms with E-state index in [-0.39, 0.29) is 18.1 Å². The third kappa shape index (κ3) is 8.19. The highest BCUT2D eigenvalue weighted by Crippen LogP contribution is 2.35. The number of urea groups is 1. The molecular weight excluding hydrogens is 630 g/mol. The van der Waals surface area contributed by atoms with Gasteiger partial charge in [0.2, 0.25) is 0 Å². The molecule has 2 atom stereocenters. The number of hydrogen-bond donors (Lipinski definition) is 4. The Bertz CT molecular complexity index is 1880. The van der Waals surface area contributed by atoms with Crippen molar-refractivity contribution in [2.24, 2.45) is 5.10 Å². The summed E-state index contributed by atoms with van der Waals surface area (Å²) in [4.78, 5) is 36.7. The Balaban J connectivity index is 1.24. The molecule has 4 aromatic rings. The van der Waals surface area contributed by atoms with E-state index < -0.39 is 24.3 Å². The number of carbonyl (C=O) groups is 3. The van der Waals surface area contributed by atoms with E-state index in [1.807, 2.05) is 49.5 Å². The van der Waals surface area contributed by atoms with Crippen LogP contribution in [0.25, 0.3) is 10.9 Å². The topological polar surface area (TPSA) is 162 Å². The SMILES string of the molecule is CCOC(=O)c1ccc(Cn2cc(/C=N/N[C@@H](O)COc3ccc([C@@H]4NC(=O)NC(C)=C4C(=O)OC)cc3OCC)c3ccccc32)cc1. The number of ether oxygens (including phenoxy) is 4. The molecule has 5 rings (SSSR count). The smallest absolute Gasteiger partial charge is 0.338 e. The third-order valence-electron chi connectivity index (χ3n) is 7.74. The second-order valence-electron chi connectivity index (χ2n) is 11.1. The molecule has 0 aliphatic carbocycles. The molecule has 49 heavy (non-hydrogen) atoms. The first-order valence-electron chi connectivity index (χ1n) is 15.8. The zero-order valence-electron chi connectivity index (χ0n) is 27.7. The lowest BCUT2D eigenvalue weighted by molar-refractivity contribution is -0.136. The predicted octanol–water partition coefficient (Wildman–Crippen LogP) is 4.39. The van der Waals surface area contributed by atoms with E-state index >= 15 is 0 Å². The molecule has 4 N–H and O–H groups in total. The van der Waals surface area contributed by atoms with E-state index in [9.17, 15) is 19.5 Å². The Kier molecular flexibility index (Phi) is 11.2. The first-order valence-corrected chi connectivity index (χ1v) is 15.8. The molecule has 0 spiro atoms. The molecule has 1 aromatic heterocycles. The Labute approximate surface area is 283 Å². The van der Waals surface area contributed by atoms with Crippen molar-refractivity contribution >= 4 is 35.1 Å². The van der Waals surface area contributed by atoms with Crippen LogP contribution in [0, 0.1) is 0 Å². The van der Waals surface area contributed by atoms with Crippen molar-refractivity contribution in [1.29, 1.82) is 0 Å². The van der Waals surface area contributed by atoms with Crippen molar-refractivity contribution in [3.63, 3.8) is 0 Å². The predicted molar refractivity (Wildman–Crippen MR) is 182 cm³/mol. The average Bonchev–Trinajstić information content (AvgIpc) is 3.44. The van der Waals surface area contributed by atoms with Crippen molar-refractivity contribution in [3.05, 3.63) is 106 Å². The summed E-state index contributed by atoms with van der Waals surface area (Å²) in [6, 6.07) is 19.1. The van der Waals surface area contributed by atoms with Gasteiger partial charge in [0, 0.05) is 34.9 Å². The van der Waals surface area contributed by atoms with Gasteiger partial charge in [-0.15, -0.1) is 0 Å². The van der Waals surface area contributed by atoms with Crippen LogP contribution in [-0.2, 0) is 20.8 Å². The molecule has 0 radical (unpaired) electrons. The van der Waals surface area contributed by atoms with Crippen LogP contribution in [0.2, 0.25) is 0 Å². The molecule has 256 valence electrons. The fourth-order valence-corrected chi connectivity index (χ4v) is 5.48. The van der Waals surface area contributed by atoms with E-state index in [2.05, 4.69) is 25.7 Å². The number of carbonyl (C=O) groups excluding carboxylic acids is 3. The number of benzene rings is 3. The molecule has 3 aromatic carbocycles. The first kappa shape index (κ1) is 34.5. The van der Waals surface area contributed by atoms with Crippen LogP contribution < -0.4 is 25.5 Å². The number of fused-ring (bicyclic) bond motifs is 1. The van der Waals surface area contributed by atoms with E-state index in [0.29, 0.717) is 48.1 Å². The molecule has 13 heteroatoms. The minimum atomic E-state index is -1.16. The van der Waals surface area contributed by atoms with Gasteiger partial charge in [0.15, 0.2) is 17.7 Å². The molecule has 2 amide bonds. The normalized spacial score (nSPS) is 15.0. The van der Waals surface area contributed by atoms with Gasteiger partial charge in [-0.1, -0.05) is 36.4 Å². The molecular formula is C36H39N5O8. The summed E-state index contributed by atoms with van der Waals surface area (Å²) in [5.74, 6) is -0.198. The van der Waals surface area contributed by atoms with Gasteiger partial charge in [-0.05, 0) is 62.2 Å². The summed E-state index contributed by atoms with van der Waals surface area (Å²) in [6.07, 6.45) is 2.45. The number of nitrogens with zero attached hydrogens (tertiary/aromatic N) is 2. The lowest BCUT2D eigenvalue weighted by atomic mass is 9.95. The van der Waals surface area contributed by atoms with Crippen LogP contribution in [0.5, 0.6) is 11.5 Å². The summed E-state index contributed by atoms with van der Waals surface area (Å²) in [6.45, 7) is 6.29. The fourth-order valence-electron chi connectivity index (χ4n) is 5.48. The minimum absolute atomic E-state index is 0.156. The number of allylic oxidation sites excluding steroid dienone is 1. The van der Waals surface area contributed by atoms with E-state index in [0.717, 1.165) is 22.0 Å². The highest BCUT2D eigenvalue weighted by Gasteiger charge is 2.32. The highest BCUT2D eigenvalue weighted by atomic mass is 16.5. The first-order chi connectivity index (χ1) is 23.7. The highest BCUT2D eigenvalue weighted by molar-refractivity contribution is 5.99. The van der Waals surface area contributed by atoms with Crippen molar-refractivity contribution in [1.82, 2.24) is 20.6 Å². The zero-order chi connectivity index (χ0) is 34.9. The number of methoxy groups -OCH3 is 1. The van der Waals surface area contributed by atoms with Crippen LogP contribution in [-0.4, -0.2) is 67.0 Å². The van der Waals surface area contributed by atoms with Gasteiger partial charge in [0.1, 0.15) is 6.61 Å². The largest absolute Gasteiger partial charge is 0.490 e. The molecule has 1 aliphatic heterocycles. The van der Waals surface area contributed by atoms with Crippen LogP contribution >= 0.6 is 0 Å². The quantitative estimate of drug-likeness (QED) is 0.0661. The molecule has 2 heterocycles. The van der Waals surface area contributed by atoms with Crippen molar-refractivity contribution in [2.75, 3.05) is 26.9 Å². The van der Waals surface area contributed by atoms with E-state index in [1.54, 1.807) is 50.4 Å². The Morgan fingerprint density at radius 2 is 1.80 bits per heavy atom. The van der Waals surface area contributed by atoms with Crippen LogP contribution in [0.4, 0.5) is 4.79 Å². The fraction of sp³-hybridized carbons (Fsp3) is 0.278. The Hall–Kier alpha value is -5.82. The molecule has 13 nitrogen and oxygen atoms in total.